The smallest absolute Gasteiger partial charge is 0.416 e. The Bertz CT molecular complexity index is 3250. The monoisotopic (exact) mass is 1370 g/mol. The number of H-pyrrole nitrogens is 2. The van der Waals surface area contributed by atoms with Crippen LogP contribution in [0.5, 0.6) is 0 Å². The van der Waals surface area contributed by atoms with Crippen molar-refractivity contribution in [3.05, 3.63) is 104 Å². The number of ether oxygens (including phenoxy) is 6. The number of piperazine rings is 2. The van der Waals surface area contributed by atoms with E-state index in [2.05, 4.69) is 40.2 Å². The Morgan fingerprint density at radius 2 is 0.939 bits per heavy atom. The minimum Gasteiger partial charge on any atom is -0.448 e. The van der Waals surface area contributed by atoms with Gasteiger partial charge in [0.25, 0.3) is 23.6 Å². The molecule has 0 bridgehead atoms. The molecule has 536 valence electrons. The van der Waals surface area contributed by atoms with E-state index >= 15 is 0 Å². The van der Waals surface area contributed by atoms with Crippen molar-refractivity contribution in [3.63, 3.8) is 0 Å². The SMILES string of the molecule is CCN(CC)CCN(C(=O)OCCN1CCN(C(=O)CCOCCOC)CC1)C(=O)c1c(C)[nH]c(/C=C2\C(=O)Nc3ccc(F)cc32)c1C.CCOCCOCC(=O)N1CCN(CCOC(=O)N(CCN(CC)CC)C(=O)c2c(C)[nH]c(/C=C3\C(=O)Nc4ccc(F)cc43)c2C)CC1. The van der Waals surface area contributed by atoms with Crippen molar-refractivity contribution in [2.75, 3.05) is 195 Å². The number of nitrogens with one attached hydrogen (secondary N) is 4. The Balaban J connectivity index is 0.000000276. The number of aryl methyl sites for hydroxylation is 2. The Kier molecular flexibility index (Phi) is 30.1. The van der Waals surface area contributed by atoms with Gasteiger partial charge in [-0.2, -0.15) is 0 Å². The summed E-state index contributed by atoms with van der Waals surface area (Å²) in [5, 5.41) is 5.47. The van der Waals surface area contributed by atoms with Crippen LogP contribution in [-0.2, 0) is 47.6 Å². The lowest BCUT2D eigenvalue weighted by molar-refractivity contribution is -0.138. The highest BCUT2D eigenvalue weighted by atomic mass is 19.1. The molecule has 2 saturated heterocycles. The lowest BCUT2D eigenvalue weighted by atomic mass is 10.0. The number of nitrogens with zero attached hydrogens (tertiary/aromatic N) is 8. The van der Waals surface area contributed by atoms with Crippen molar-refractivity contribution in [1.82, 2.24) is 49.2 Å². The normalized spacial score (nSPS) is 15.5. The molecule has 4 aromatic rings. The van der Waals surface area contributed by atoms with Gasteiger partial charge in [0.2, 0.25) is 11.8 Å². The molecule has 0 spiro atoms. The summed E-state index contributed by atoms with van der Waals surface area (Å²) < 4.78 is 60.3. The number of fused-ring (bicyclic) bond motifs is 2. The van der Waals surface area contributed by atoms with Gasteiger partial charge in [-0.25, -0.2) is 28.2 Å². The summed E-state index contributed by atoms with van der Waals surface area (Å²) in [6.45, 7) is 29.8. The second-order valence-corrected chi connectivity index (χ2v) is 24.0. The zero-order valence-electron chi connectivity index (χ0n) is 58.5. The lowest BCUT2D eigenvalue weighted by Crippen LogP contribution is -2.50. The van der Waals surface area contributed by atoms with Crippen LogP contribution in [0.2, 0.25) is 0 Å². The predicted octanol–water partition coefficient (Wildman–Crippen LogP) is 6.76. The van der Waals surface area contributed by atoms with Gasteiger partial charge in [-0.05, 0) is 120 Å². The number of imide groups is 2. The van der Waals surface area contributed by atoms with Gasteiger partial charge in [0, 0.05) is 151 Å². The van der Waals surface area contributed by atoms with Crippen LogP contribution in [-0.4, -0.2) is 281 Å². The number of hydrogen-bond acceptors (Lipinski definition) is 18. The molecule has 2 aromatic heterocycles. The van der Waals surface area contributed by atoms with E-state index in [1.165, 1.54) is 36.4 Å². The summed E-state index contributed by atoms with van der Waals surface area (Å²) in [7, 11) is 1.60. The van der Waals surface area contributed by atoms with E-state index in [-0.39, 0.29) is 67.7 Å². The van der Waals surface area contributed by atoms with E-state index in [1.54, 1.807) is 51.9 Å². The zero-order valence-corrected chi connectivity index (χ0v) is 58.5. The highest BCUT2D eigenvalue weighted by Crippen LogP contribution is 2.36. The summed E-state index contributed by atoms with van der Waals surface area (Å²) in [6, 6.07) is 8.17. The van der Waals surface area contributed by atoms with Crippen molar-refractivity contribution < 1.29 is 75.6 Å². The Morgan fingerprint density at radius 3 is 1.36 bits per heavy atom. The lowest BCUT2D eigenvalue weighted by Gasteiger charge is -2.34. The van der Waals surface area contributed by atoms with Crippen LogP contribution in [0.3, 0.4) is 0 Å². The van der Waals surface area contributed by atoms with Gasteiger partial charge in [0.15, 0.2) is 0 Å². The minimum atomic E-state index is -0.741. The highest BCUT2D eigenvalue weighted by Gasteiger charge is 2.34. The number of hydrogen-bond donors (Lipinski definition) is 4. The second kappa shape index (κ2) is 38.2. The van der Waals surface area contributed by atoms with E-state index in [4.69, 9.17) is 28.4 Å². The Labute approximate surface area is 572 Å². The van der Waals surface area contributed by atoms with Crippen LogP contribution < -0.4 is 10.6 Å². The van der Waals surface area contributed by atoms with E-state index in [9.17, 15) is 47.1 Å². The third-order valence-electron chi connectivity index (χ3n) is 17.9. The predicted molar refractivity (Wildman–Crippen MR) is 367 cm³/mol. The standard InChI is InChI=1S/2C35H49FN6O7/c1-6-39(7-2)13-16-42(35(46)49-19-17-40-11-14-41(15-12-40)31(43)10-18-48-21-20-47-5)34(45)32-24(3)30(37-25(32)4)23-28-27-22-26(36)8-9-29(27)38-33(28)44;1-6-39(7-2)13-16-42(35(46)49-18-17-40-11-14-41(15-12-40)31(43)23-48-20-19-47-8-3)34(45)32-24(4)30(37-25(32)5)22-28-27-21-26(36)9-10-29(27)38-33(28)44/h8-9,22-23,37H,6-7,10-21H2,1-5H3,(H,38,44);9-10,21-22,37H,6-8,11-20,23H2,1-5H3,(H,38,44)/b28-23-;28-22-. The van der Waals surface area contributed by atoms with E-state index < -0.39 is 35.6 Å². The molecule has 4 aliphatic heterocycles. The molecular weight excluding hydrogens is 1270 g/mol. The summed E-state index contributed by atoms with van der Waals surface area (Å²) >= 11 is 0. The number of likely N-dealkylation sites (N-methyl/N-ethyl adjacent to an activating group) is 2. The van der Waals surface area contributed by atoms with Crippen molar-refractivity contribution in [2.24, 2.45) is 0 Å². The topological polar surface area (TPSA) is 273 Å². The van der Waals surface area contributed by atoms with Gasteiger partial charge in [0.05, 0.1) is 61.7 Å². The van der Waals surface area contributed by atoms with Gasteiger partial charge in [0.1, 0.15) is 31.5 Å². The first-order valence-electron chi connectivity index (χ1n) is 33.8. The van der Waals surface area contributed by atoms with Crippen molar-refractivity contribution >= 4 is 82.3 Å². The first-order chi connectivity index (χ1) is 47.1. The van der Waals surface area contributed by atoms with Crippen molar-refractivity contribution in [1.29, 1.82) is 0 Å². The van der Waals surface area contributed by atoms with Crippen LogP contribution in [0.25, 0.3) is 23.3 Å². The number of halogens is 2. The van der Waals surface area contributed by atoms with Gasteiger partial charge in [-0.1, -0.05) is 27.7 Å². The molecule has 0 radical (unpaired) electrons. The number of aromatic nitrogens is 2. The van der Waals surface area contributed by atoms with E-state index in [0.29, 0.717) is 192 Å². The number of benzene rings is 2. The maximum absolute atomic E-state index is 14.0. The largest absolute Gasteiger partial charge is 0.448 e. The quantitative estimate of drug-likeness (QED) is 0.0290. The number of rotatable bonds is 32. The van der Waals surface area contributed by atoms with E-state index in [0.717, 1.165) is 36.0 Å². The highest BCUT2D eigenvalue weighted by molar-refractivity contribution is 6.35. The van der Waals surface area contributed by atoms with Crippen molar-refractivity contribution in [2.45, 2.75) is 68.7 Å². The van der Waals surface area contributed by atoms with Crippen LogP contribution in [0.15, 0.2) is 36.4 Å². The molecule has 26 nitrogen and oxygen atoms in total. The second-order valence-electron chi connectivity index (χ2n) is 24.0. The summed E-state index contributed by atoms with van der Waals surface area (Å²) in [5.74, 6) is -2.71. The maximum atomic E-state index is 14.0. The molecule has 4 aliphatic rings. The molecule has 8 amide bonds. The molecule has 0 saturated carbocycles. The van der Waals surface area contributed by atoms with Crippen LogP contribution in [0.4, 0.5) is 29.7 Å². The third kappa shape index (κ3) is 20.9. The summed E-state index contributed by atoms with van der Waals surface area (Å²) in [6.07, 6.45) is 2.04. The number of carbonyl (C=O) groups is 8. The molecular formula is C70H98F2N12O14. The molecule has 6 heterocycles. The minimum absolute atomic E-state index is 0.0182. The average molecular weight is 1370 g/mol. The summed E-state index contributed by atoms with van der Waals surface area (Å²) in [4.78, 5) is 126. The van der Waals surface area contributed by atoms with Crippen LogP contribution in [0.1, 0.15) is 107 Å². The Morgan fingerprint density at radius 1 is 0.520 bits per heavy atom. The van der Waals surface area contributed by atoms with Crippen LogP contribution in [0, 0.1) is 39.3 Å². The molecule has 28 heteroatoms. The van der Waals surface area contributed by atoms with Gasteiger partial charge in [-0.3, -0.25) is 38.6 Å². The first kappa shape index (κ1) is 77.1. The average Bonchev–Trinajstić information content (AvgIpc) is 1.64. The Hall–Kier alpha value is -8.22. The molecule has 0 unspecified atom stereocenters. The number of aromatic amines is 2. The molecule has 2 aromatic carbocycles. The summed E-state index contributed by atoms with van der Waals surface area (Å²) in [5.41, 5.74) is 6.24. The molecule has 4 N–H and O–H groups in total. The molecule has 2 fully saturated rings. The zero-order chi connectivity index (χ0) is 71.0. The number of anilines is 2. The first-order valence-corrected chi connectivity index (χ1v) is 33.8. The molecule has 98 heavy (non-hydrogen) atoms. The fourth-order valence-electron chi connectivity index (χ4n) is 12.0. The number of amides is 8. The third-order valence-corrected chi connectivity index (χ3v) is 17.9. The van der Waals surface area contributed by atoms with Crippen LogP contribution >= 0.6 is 0 Å². The van der Waals surface area contributed by atoms with Gasteiger partial charge >= 0.3 is 12.2 Å². The molecule has 8 rings (SSSR count). The molecule has 0 aliphatic carbocycles. The fourth-order valence-corrected chi connectivity index (χ4v) is 12.0. The van der Waals surface area contributed by atoms with Gasteiger partial charge < -0.3 is 68.6 Å². The molecule has 0 atom stereocenters. The maximum Gasteiger partial charge on any atom is 0.416 e. The van der Waals surface area contributed by atoms with Crippen molar-refractivity contribution in [3.8, 4) is 0 Å². The number of methoxy groups -OCH3 is 1. The fraction of sp³-hybridized carbons (Fsp3) is 0.543. The van der Waals surface area contributed by atoms with E-state index in [1.807, 2.05) is 39.5 Å². The van der Waals surface area contributed by atoms with Gasteiger partial charge in [-0.15, -0.1) is 0 Å². The number of carbonyl (C=O) groups excluding carboxylic acids is 8.